The van der Waals surface area contributed by atoms with Crippen LogP contribution < -0.4 is 14.8 Å². The number of alkyl halides is 3. The Balaban J connectivity index is 1.79. The van der Waals surface area contributed by atoms with E-state index in [4.69, 9.17) is 9.47 Å². The van der Waals surface area contributed by atoms with Crippen LogP contribution in [0, 0.1) is 0 Å². The minimum absolute atomic E-state index is 0.0455. The van der Waals surface area contributed by atoms with E-state index in [9.17, 15) is 27.9 Å². The molecule has 0 spiro atoms. The number of ether oxygens (including phenoxy) is 2. The van der Waals surface area contributed by atoms with E-state index in [0.29, 0.717) is 6.42 Å². The second kappa shape index (κ2) is 8.13. The summed E-state index contributed by atoms with van der Waals surface area (Å²) in [6, 6.07) is 6.40. The molecule has 1 aliphatic heterocycles. The van der Waals surface area contributed by atoms with Gasteiger partial charge in [-0.05, 0) is 30.7 Å². The van der Waals surface area contributed by atoms with Gasteiger partial charge in [0.2, 0.25) is 11.8 Å². The molecule has 3 rings (SSSR count). The van der Waals surface area contributed by atoms with Crippen molar-refractivity contribution in [2.75, 3.05) is 19.5 Å². The van der Waals surface area contributed by atoms with Gasteiger partial charge in [-0.15, -0.1) is 0 Å². The lowest BCUT2D eigenvalue weighted by Crippen LogP contribution is -2.38. The number of benzene rings is 2. The number of rotatable bonds is 5. The van der Waals surface area contributed by atoms with Gasteiger partial charge in [0.25, 0.3) is 0 Å². The molecule has 1 unspecified atom stereocenters. The van der Waals surface area contributed by atoms with E-state index in [1.54, 1.807) is 0 Å². The number of phenols is 1. The van der Waals surface area contributed by atoms with Crippen molar-refractivity contribution >= 4 is 17.5 Å². The number of phenolic OH excluding ortho intramolecular Hbond substituents is 1. The molecule has 0 bridgehead atoms. The minimum atomic E-state index is -4.57. The van der Waals surface area contributed by atoms with Gasteiger partial charge in [0, 0.05) is 25.6 Å². The van der Waals surface area contributed by atoms with Gasteiger partial charge in [0.1, 0.15) is 29.0 Å². The van der Waals surface area contributed by atoms with Gasteiger partial charge in [0.15, 0.2) is 0 Å². The highest BCUT2D eigenvalue weighted by molar-refractivity contribution is 5.99. The molecule has 0 saturated carbocycles. The van der Waals surface area contributed by atoms with Gasteiger partial charge >= 0.3 is 6.18 Å². The van der Waals surface area contributed by atoms with Crippen molar-refractivity contribution in [3.8, 4) is 23.0 Å². The Labute approximate surface area is 170 Å². The second-order valence-corrected chi connectivity index (χ2v) is 6.69. The predicted octanol–water partition coefficient (Wildman–Crippen LogP) is 3.77. The number of methoxy groups -OCH3 is 1. The summed E-state index contributed by atoms with van der Waals surface area (Å²) in [7, 11) is 2.64. The van der Waals surface area contributed by atoms with E-state index >= 15 is 0 Å². The zero-order chi connectivity index (χ0) is 22.1. The Bertz CT molecular complexity index is 977. The fourth-order valence-electron chi connectivity index (χ4n) is 3.11. The molecule has 2 aromatic rings. The molecule has 7 nitrogen and oxygen atoms in total. The van der Waals surface area contributed by atoms with Crippen LogP contribution in [0.25, 0.3) is 0 Å². The number of carbonyl (C=O) groups excluding carboxylic acids is 2. The van der Waals surface area contributed by atoms with Crippen molar-refractivity contribution in [3.63, 3.8) is 0 Å². The molecule has 1 fully saturated rings. The first kappa shape index (κ1) is 21.3. The number of nitrogens with one attached hydrogen (secondary N) is 1. The highest BCUT2D eigenvalue weighted by Crippen LogP contribution is 2.39. The maximum absolute atomic E-state index is 13.0. The summed E-state index contributed by atoms with van der Waals surface area (Å²) >= 11 is 0. The second-order valence-electron chi connectivity index (χ2n) is 6.69. The molecule has 2 aromatic carbocycles. The summed E-state index contributed by atoms with van der Waals surface area (Å²) in [4.78, 5) is 25.4. The molecule has 10 heteroatoms. The molecule has 2 amide bonds. The lowest BCUT2D eigenvalue weighted by Gasteiger charge is -2.19. The first-order valence-electron chi connectivity index (χ1n) is 8.92. The molecule has 1 saturated heterocycles. The molecule has 1 atom stereocenters. The zero-order valence-electron chi connectivity index (χ0n) is 16.1. The van der Waals surface area contributed by atoms with E-state index in [-0.39, 0.29) is 35.3 Å². The lowest BCUT2D eigenvalue weighted by atomic mass is 10.2. The van der Waals surface area contributed by atoms with E-state index in [1.807, 2.05) is 0 Å². The van der Waals surface area contributed by atoms with Crippen LogP contribution in [0.5, 0.6) is 23.0 Å². The van der Waals surface area contributed by atoms with Crippen LogP contribution in [0.3, 0.4) is 0 Å². The van der Waals surface area contributed by atoms with E-state index in [0.717, 1.165) is 25.3 Å². The Kier molecular flexibility index (Phi) is 5.77. The van der Waals surface area contributed by atoms with Gasteiger partial charge in [-0.3, -0.25) is 9.59 Å². The average molecular weight is 424 g/mol. The monoisotopic (exact) mass is 424 g/mol. The molecule has 160 valence electrons. The fraction of sp³-hybridized carbons (Fsp3) is 0.300. The van der Waals surface area contributed by atoms with Crippen LogP contribution in [0.15, 0.2) is 36.4 Å². The third kappa shape index (κ3) is 4.42. The smallest absolute Gasteiger partial charge is 0.419 e. The first-order valence-corrected chi connectivity index (χ1v) is 8.92. The Morgan fingerprint density at radius 3 is 2.47 bits per heavy atom. The number of amides is 2. The van der Waals surface area contributed by atoms with E-state index in [1.165, 1.54) is 30.1 Å². The molecule has 0 aliphatic carbocycles. The van der Waals surface area contributed by atoms with Crippen molar-refractivity contribution in [3.05, 3.63) is 42.0 Å². The summed E-state index contributed by atoms with van der Waals surface area (Å²) in [5, 5.41) is 12.6. The summed E-state index contributed by atoms with van der Waals surface area (Å²) in [5.41, 5.74) is -0.893. The van der Waals surface area contributed by atoms with Crippen molar-refractivity contribution < 1.29 is 37.3 Å². The SMILES string of the molecule is COc1cc(Oc2ccc(O)c(NC(=O)C3CCC(=O)N3C)c2)ccc1C(F)(F)F. The van der Waals surface area contributed by atoms with E-state index < -0.39 is 29.4 Å². The molecule has 2 N–H and O–H groups in total. The quantitative estimate of drug-likeness (QED) is 0.714. The highest BCUT2D eigenvalue weighted by atomic mass is 19.4. The van der Waals surface area contributed by atoms with Gasteiger partial charge < -0.3 is 24.8 Å². The Morgan fingerprint density at radius 1 is 1.20 bits per heavy atom. The summed E-state index contributed by atoms with van der Waals surface area (Å²) in [6.07, 6.45) is -3.95. The van der Waals surface area contributed by atoms with Crippen molar-refractivity contribution in [2.24, 2.45) is 0 Å². The number of hydrogen-bond acceptors (Lipinski definition) is 5. The Hall–Kier alpha value is -3.43. The molecule has 1 aliphatic rings. The molecule has 30 heavy (non-hydrogen) atoms. The largest absolute Gasteiger partial charge is 0.506 e. The molecular formula is C20H19F3N2O5. The minimum Gasteiger partial charge on any atom is -0.506 e. The van der Waals surface area contributed by atoms with Crippen LogP contribution in [0.2, 0.25) is 0 Å². The van der Waals surface area contributed by atoms with Crippen molar-refractivity contribution in [1.29, 1.82) is 0 Å². The summed E-state index contributed by atoms with van der Waals surface area (Å²) in [6.45, 7) is 0. The number of hydrogen-bond donors (Lipinski definition) is 2. The van der Waals surface area contributed by atoms with Gasteiger partial charge in [-0.2, -0.15) is 13.2 Å². The molecule has 0 radical (unpaired) electrons. The fourth-order valence-corrected chi connectivity index (χ4v) is 3.11. The maximum atomic E-state index is 13.0. The standard InChI is InChI=1S/C20H19F3N2O5/c1-25-15(6-8-18(25)27)19(28)24-14-9-11(4-7-16(14)26)30-12-3-5-13(20(21,22)23)17(10-12)29-2/h3-5,7,9-10,15,26H,6,8H2,1-2H3,(H,24,28). The van der Waals surface area contributed by atoms with Gasteiger partial charge in [0.05, 0.1) is 18.4 Å². The summed E-state index contributed by atoms with van der Waals surface area (Å²) in [5.74, 6) is -1.00. The van der Waals surface area contributed by atoms with Gasteiger partial charge in [-0.1, -0.05) is 0 Å². The number of nitrogens with zero attached hydrogens (tertiary/aromatic N) is 1. The zero-order valence-corrected chi connectivity index (χ0v) is 16.1. The number of halogens is 3. The number of carbonyl (C=O) groups is 2. The highest BCUT2D eigenvalue weighted by Gasteiger charge is 2.35. The van der Waals surface area contributed by atoms with Crippen molar-refractivity contribution in [2.45, 2.75) is 25.1 Å². The third-order valence-electron chi connectivity index (χ3n) is 4.74. The topological polar surface area (TPSA) is 88.1 Å². The molecule has 0 aromatic heterocycles. The normalized spacial score (nSPS) is 16.5. The number of likely N-dealkylation sites (tertiary alicyclic amines) is 1. The average Bonchev–Trinajstić information content (AvgIpc) is 3.02. The Morgan fingerprint density at radius 2 is 1.87 bits per heavy atom. The lowest BCUT2D eigenvalue weighted by molar-refractivity contribution is -0.138. The first-order chi connectivity index (χ1) is 14.1. The van der Waals surface area contributed by atoms with Gasteiger partial charge in [-0.25, -0.2) is 0 Å². The number of aromatic hydroxyl groups is 1. The maximum Gasteiger partial charge on any atom is 0.419 e. The predicted molar refractivity (Wildman–Crippen MR) is 101 cm³/mol. The van der Waals surface area contributed by atoms with Crippen LogP contribution in [0.4, 0.5) is 18.9 Å². The number of likely N-dealkylation sites (N-methyl/N-ethyl adjacent to an activating group) is 1. The van der Waals surface area contributed by atoms with Crippen LogP contribution >= 0.6 is 0 Å². The third-order valence-corrected chi connectivity index (χ3v) is 4.74. The van der Waals surface area contributed by atoms with Crippen LogP contribution in [-0.2, 0) is 15.8 Å². The number of anilines is 1. The molecular weight excluding hydrogens is 405 g/mol. The summed E-state index contributed by atoms with van der Waals surface area (Å²) < 4.78 is 49.3. The van der Waals surface area contributed by atoms with Crippen LogP contribution in [0.1, 0.15) is 18.4 Å². The van der Waals surface area contributed by atoms with E-state index in [2.05, 4.69) is 5.32 Å². The van der Waals surface area contributed by atoms with Crippen LogP contribution in [-0.4, -0.2) is 42.0 Å². The van der Waals surface area contributed by atoms with Crippen molar-refractivity contribution in [1.82, 2.24) is 4.90 Å². The molecule has 1 heterocycles.